The topological polar surface area (TPSA) is 23.2 Å². The fourth-order valence-corrected chi connectivity index (χ4v) is 2.66. The van der Waals surface area contributed by atoms with Gasteiger partial charge in [-0.25, -0.2) is 22.0 Å². The third-order valence-corrected chi connectivity index (χ3v) is 3.81. The number of hydrogen-bond acceptors (Lipinski definition) is 2. The van der Waals surface area contributed by atoms with Crippen LogP contribution in [0.4, 0.5) is 27.6 Å². The van der Waals surface area contributed by atoms with E-state index in [1.165, 1.54) is 17.0 Å². The molecule has 2 aromatic rings. The number of halogens is 5. The number of benzene rings is 2. The van der Waals surface area contributed by atoms with Crippen LogP contribution in [0.5, 0.6) is 5.75 Å². The van der Waals surface area contributed by atoms with Gasteiger partial charge in [0.15, 0.2) is 23.3 Å². The van der Waals surface area contributed by atoms with Crippen LogP contribution >= 0.6 is 0 Å². The molecule has 2 atom stereocenters. The van der Waals surface area contributed by atoms with E-state index in [-0.39, 0.29) is 11.4 Å². The number of aromatic hydroxyl groups is 1. The van der Waals surface area contributed by atoms with E-state index in [0.29, 0.717) is 0 Å². The molecule has 0 unspecified atom stereocenters. The van der Waals surface area contributed by atoms with Gasteiger partial charge in [-0.05, 0) is 19.1 Å². The molecule has 0 saturated carbocycles. The molecule has 0 aliphatic carbocycles. The summed E-state index contributed by atoms with van der Waals surface area (Å²) in [6.45, 7) is 1.56. The van der Waals surface area contributed by atoms with Crippen molar-refractivity contribution >= 4 is 5.69 Å². The average Bonchev–Trinajstić information content (AvgIpc) is 3.14. The van der Waals surface area contributed by atoms with E-state index in [4.69, 9.17) is 0 Å². The molecule has 116 valence electrons. The highest BCUT2D eigenvalue weighted by atomic mass is 19.2. The molecule has 1 fully saturated rings. The van der Waals surface area contributed by atoms with Crippen LogP contribution in [-0.4, -0.2) is 11.1 Å². The summed E-state index contributed by atoms with van der Waals surface area (Å²) in [7, 11) is 0. The Bertz CT molecular complexity index is 735. The number of phenolic OH excluding ortho intramolecular Hbond substituents is 1. The second-order valence-electron chi connectivity index (χ2n) is 5.07. The molecule has 1 saturated heterocycles. The van der Waals surface area contributed by atoms with Gasteiger partial charge in [0.25, 0.3) is 0 Å². The number of nitrogens with zero attached hydrogens (tertiary/aromatic N) is 1. The molecule has 1 aliphatic rings. The summed E-state index contributed by atoms with van der Waals surface area (Å²) in [6, 6.07) is 4.48. The minimum Gasteiger partial charge on any atom is -0.506 e. The Balaban J connectivity index is 2.09. The van der Waals surface area contributed by atoms with Crippen molar-refractivity contribution in [3.8, 4) is 5.75 Å². The lowest BCUT2D eigenvalue weighted by molar-refractivity contribution is 0.370. The van der Waals surface area contributed by atoms with Crippen molar-refractivity contribution < 1.29 is 27.1 Å². The maximum atomic E-state index is 13.8. The minimum absolute atomic E-state index is 0.138. The van der Waals surface area contributed by atoms with Crippen molar-refractivity contribution in [2.45, 2.75) is 19.0 Å². The van der Waals surface area contributed by atoms with Gasteiger partial charge in [-0.15, -0.1) is 0 Å². The van der Waals surface area contributed by atoms with Crippen molar-refractivity contribution in [2.75, 3.05) is 4.90 Å². The Morgan fingerprint density at radius 1 is 0.864 bits per heavy atom. The number of hydrogen-bond donors (Lipinski definition) is 1. The third-order valence-electron chi connectivity index (χ3n) is 3.81. The molecule has 1 N–H and O–H groups in total. The Hall–Kier alpha value is -2.31. The minimum atomic E-state index is -2.18. The number of phenols is 1. The molecular weight excluding hydrogens is 305 g/mol. The van der Waals surface area contributed by atoms with E-state index in [2.05, 4.69) is 0 Å². The highest BCUT2D eigenvalue weighted by molar-refractivity contribution is 5.66. The molecule has 3 rings (SSSR count). The van der Waals surface area contributed by atoms with Crippen LogP contribution in [0.3, 0.4) is 0 Å². The van der Waals surface area contributed by atoms with Crippen molar-refractivity contribution in [1.29, 1.82) is 0 Å². The van der Waals surface area contributed by atoms with Crippen LogP contribution in [-0.2, 0) is 0 Å². The fraction of sp³-hybridized carbons (Fsp3) is 0.200. The van der Waals surface area contributed by atoms with Gasteiger partial charge < -0.3 is 10.0 Å². The molecule has 7 heteroatoms. The Kier molecular flexibility index (Phi) is 3.23. The fourth-order valence-electron chi connectivity index (χ4n) is 2.66. The number of anilines is 1. The summed E-state index contributed by atoms with van der Waals surface area (Å²) in [4.78, 5) is 1.38. The predicted octanol–water partition coefficient (Wildman–Crippen LogP) is 4.04. The Morgan fingerprint density at radius 3 is 1.91 bits per heavy atom. The SMILES string of the molecule is C[C@@H]1[C@@H](c2c(F)c(F)c(F)c(F)c2F)N1c1ccccc1O. The lowest BCUT2D eigenvalue weighted by Crippen LogP contribution is -2.08. The molecule has 2 aromatic carbocycles. The first-order valence-electron chi connectivity index (χ1n) is 6.44. The van der Waals surface area contributed by atoms with Crippen molar-refractivity contribution in [3.63, 3.8) is 0 Å². The molecule has 2 nitrogen and oxygen atoms in total. The maximum absolute atomic E-state index is 13.8. The van der Waals surface area contributed by atoms with Crippen molar-refractivity contribution in [2.24, 2.45) is 0 Å². The molecular formula is C15H10F5NO. The van der Waals surface area contributed by atoms with Crippen LogP contribution in [0.25, 0.3) is 0 Å². The first-order valence-corrected chi connectivity index (χ1v) is 6.44. The van der Waals surface area contributed by atoms with Gasteiger partial charge in [0.2, 0.25) is 5.82 Å². The molecule has 22 heavy (non-hydrogen) atoms. The summed E-state index contributed by atoms with van der Waals surface area (Å²) < 4.78 is 67.4. The summed E-state index contributed by atoms with van der Waals surface area (Å²) in [5.41, 5.74) is -0.615. The van der Waals surface area contributed by atoms with Crippen LogP contribution in [0, 0.1) is 29.1 Å². The summed E-state index contributed by atoms with van der Waals surface area (Å²) in [5, 5.41) is 9.76. The summed E-state index contributed by atoms with van der Waals surface area (Å²) in [6.07, 6.45) is 0. The summed E-state index contributed by atoms with van der Waals surface area (Å²) >= 11 is 0. The molecule has 0 amide bonds. The van der Waals surface area contributed by atoms with Crippen LogP contribution in [0.2, 0.25) is 0 Å². The van der Waals surface area contributed by atoms with Gasteiger partial charge in [-0.2, -0.15) is 0 Å². The van der Waals surface area contributed by atoms with Gasteiger partial charge in [-0.3, -0.25) is 0 Å². The van der Waals surface area contributed by atoms with E-state index < -0.39 is 46.7 Å². The quantitative estimate of drug-likeness (QED) is 0.391. The largest absolute Gasteiger partial charge is 0.506 e. The predicted molar refractivity (Wildman–Crippen MR) is 69.0 cm³/mol. The zero-order valence-electron chi connectivity index (χ0n) is 11.2. The normalized spacial score (nSPS) is 20.4. The lowest BCUT2D eigenvalue weighted by Gasteiger charge is -2.10. The van der Waals surface area contributed by atoms with E-state index in [0.717, 1.165) is 0 Å². The highest BCUT2D eigenvalue weighted by Crippen LogP contribution is 2.51. The van der Waals surface area contributed by atoms with Gasteiger partial charge >= 0.3 is 0 Å². The van der Waals surface area contributed by atoms with Crippen LogP contribution in [0.15, 0.2) is 24.3 Å². The zero-order valence-corrected chi connectivity index (χ0v) is 11.2. The third kappa shape index (κ3) is 1.92. The molecule has 0 radical (unpaired) electrons. The first kappa shape index (κ1) is 14.6. The monoisotopic (exact) mass is 315 g/mol. The van der Waals surface area contributed by atoms with E-state index >= 15 is 0 Å². The molecule has 0 aromatic heterocycles. The van der Waals surface area contributed by atoms with Gasteiger partial charge in [-0.1, -0.05) is 12.1 Å². The van der Waals surface area contributed by atoms with Gasteiger partial charge in [0.1, 0.15) is 5.75 Å². The average molecular weight is 315 g/mol. The van der Waals surface area contributed by atoms with Crippen molar-refractivity contribution in [1.82, 2.24) is 0 Å². The first-order chi connectivity index (χ1) is 10.4. The molecule has 1 aliphatic heterocycles. The Morgan fingerprint density at radius 2 is 1.36 bits per heavy atom. The van der Waals surface area contributed by atoms with Crippen molar-refractivity contribution in [3.05, 3.63) is 58.9 Å². The maximum Gasteiger partial charge on any atom is 0.200 e. The summed E-state index contributed by atoms with van der Waals surface area (Å²) in [5.74, 6) is -9.94. The number of para-hydroxylation sites is 2. The van der Waals surface area contributed by atoms with Gasteiger partial charge in [0.05, 0.1) is 23.3 Å². The van der Waals surface area contributed by atoms with E-state index in [9.17, 15) is 27.1 Å². The standard InChI is InChI=1S/C15H10F5NO/c1-6-15(21(6)7-4-2-3-5-8(7)22)9-10(16)12(18)14(20)13(19)11(9)17/h2-6,15,22H,1H3/t6-,15+,21?/m1/s1. The highest BCUT2D eigenvalue weighted by Gasteiger charge is 2.50. The zero-order chi connectivity index (χ0) is 16.2. The second kappa shape index (κ2) is 4.86. The smallest absolute Gasteiger partial charge is 0.200 e. The Labute approximate surface area is 122 Å². The number of rotatable bonds is 2. The van der Waals surface area contributed by atoms with Crippen LogP contribution in [0.1, 0.15) is 18.5 Å². The molecule has 1 heterocycles. The second-order valence-corrected chi connectivity index (χ2v) is 5.07. The lowest BCUT2D eigenvalue weighted by atomic mass is 10.1. The van der Waals surface area contributed by atoms with Gasteiger partial charge in [0, 0.05) is 0 Å². The van der Waals surface area contributed by atoms with E-state index in [1.54, 1.807) is 19.1 Å². The van der Waals surface area contributed by atoms with Crippen LogP contribution < -0.4 is 4.90 Å². The van der Waals surface area contributed by atoms with E-state index in [1.807, 2.05) is 0 Å². The molecule has 0 bridgehead atoms. The molecule has 0 spiro atoms.